The molecule has 23 heavy (non-hydrogen) atoms. The lowest BCUT2D eigenvalue weighted by Gasteiger charge is -2.16. The second-order valence-electron chi connectivity index (χ2n) is 4.99. The molecular formula is C15H17NO7. The number of nitrogens with two attached hydrogens (primary N) is 1. The second-order valence-corrected chi connectivity index (χ2v) is 4.99. The third kappa shape index (κ3) is 3.79. The normalized spacial score (nSPS) is 20.1. The maximum Gasteiger partial charge on any atom is 0.405 e. The predicted molar refractivity (Wildman–Crippen MR) is 77.2 cm³/mol. The average molecular weight is 323 g/mol. The number of carbonyl (C=O) groups excluding carboxylic acids is 2. The number of aliphatic hydroxyl groups excluding tert-OH is 3. The highest BCUT2D eigenvalue weighted by atomic mass is 16.6. The number of aliphatic hydroxyl groups is 3. The van der Waals surface area contributed by atoms with Crippen LogP contribution in [0.1, 0.15) is 5.56 Å². The highest BCUT2D eigenvalue weighted by Gasteiger charge is 2.43. The molecule has 0 spiro atoms. The Hall–Kier alpha value is -2.58. The Bertz CT molecular complexity index is 614. The van der Waals surface area contributed by atoms with E-state index in [0.29, 0.717) is 0 Å². The quantitative estimate of drug-likeness (QED) is 0.531. The molecule has 0 radical (unpaired) electrons. The van der Waals surface area contributed by atoms with Gasteiger partial charge in [-0.1, -0.05) is 30.3 Å². The van der Waals surface area contributed by atoms with Crippen LogP contribution < -0.4 is 5.73 Å². The molecule has 0 fully saturated rings. The summed E-state index contributed by atoms with van der Waals surface area (Å²) in [4.78, 5) is 23.1. The van der Waals surface area contributed by atoms with Crippen LogP contribution in [0.15, 0.2) is 41.7 Å². The van der Waals surface area contributed by atoms with E-state index in [4.69, 9.17) is 20.3 Å². The first-order chi connectivity index (χ1) is 10.9. The van der Waals surface area contributed by atoms with Crippen molar-refractivity contribution in [1.82, 2.24) is 0 Å². The molecule has 124 valence electrons. The number of ether oxygens (including phenoxy) is 2. The highest BCUT2D eigenvalue weighted by molar-refractivity contribution is 5.93. The molecule has 8 nitrogen and oxygen atoms in total. The fraction of sp³-hybridized carbons (Fsp3) is 0.333. The molecule has 0 bridgehead atoms. The summed E-state index contributed by atoms with van der Waals surface area (Å²) in [5, 5.41) is 28.6. The van der Waals surface area contributed by atoms with Gasteiger partial charge in [0.15, 0.2) is 11.9 Å². The van der Waals surface area contributed by atoms with Gasteiger partial charge in [-0.05, 0) is 5.56 Å². The smallest absolute Gasteiger partial charge is 0.405 e. The molecule has 1 amide bonds. The molecule has 3 unspecified atom stereocenters. The van der Waals surface area contributed by atoms with E-state index in [2.05, 4.69) is 0 Å². The number of esters is 1. The summed E-state index contributed by atoms with van der Waals surface area (Å²) in [6, 6.07) is 8.80. The summed E-state index contributed by atoms with van der Waals surface area (Å²) in [5.41, 5.74) is 5.45. The summed E-state index contributed by atoms with van der Waals surface area (Å²) >= 11 is 0. The van der Waals surface area contributed by atoms with Crippen LogP contribution in [0.3, 0.4) is 0 Å². The summed E-state index contributed by atoms with van der Waals surface area (Å²) in [7, 11) is 0. The van der Waals surface area contributed by atoms with Gasteiger partial charge in [0.2, 0.25) is 0 Å². The maximum atomic E-state index is 12.0. The van der Waals surface area contributed by atoms with E-state index in [0.717, 1.165) is 5.56 Å². The van der Waals surface area contributed by atoms with Crippen LogP contribution in [0.2, 0.25) is 0 Å². The van der Waals surface area contributed by atoms with Crippen LogP contribution in [-0.2, 0) is 20.7 Å². The summed E-state index contributed by atoms with van der Waals surface area (Å²) < 4.78 is 9.75. The van der Waals surface area contributed by atoms with Crippen LogP contribution in [-0.4, -0.2) is 52.3 Å². The van der Waals surface area contributed by atoms with Crippen molar-refractivity contribution in [3.63, 3.8) is 0 Å². The molecule has 2 rings (SSSR count). The van der Waals surface area contributed by atoms with Gasteiger partial charge >= 0.3 is 12.1 Å². The summed E-state index contributed by atoms with van der Waals surface area (Å²) in [6.45, 7) is -0.713. The van der Waals surface area contributed by atoms with E-state index in [1.165, 1.54) is 0 Å². The van der Waals surface area contributed by atoms with E-state index in [1.807, 2.05) is 0 Å². The van der Waals surface area contributed by atoms with Gasteiger partial charge < -0.3 is 30.5 Å². The first-order valence-corrected chi connectivity index (χ1v) is 6.87. The molecule has 0 aromatic heterocycles. The monoisotopic (exact) mass is 323 g/mol. The number of rotatable bonds is 6. The second kappa shape index (κ2) is 7.12. The predicted octanol–water partition coefficient (Wildman–Crippen LogP) is -0.216. The number of hydrogen-bond acceptors (Lipinski definition) is 7. The Kier molecular flexibility index (Phi) is 5.20. The molecule has 0 saturated heterocycles. The average Bonchev–Trinajstić information content (AvgIpc) is 2.81. The van der Waals surface area contributed by atoms with Gasteiger partial charge in [0.05, 0.1) is 6.61 Å². The van der Waals surface area contributed by atoms with E-state index in [-0.39, 0.29) is 12.0 Å². The van der Waals surface area contributed by atoms with E-state index < -0.39 is 42.7 Å². The zero-order valence-electron chi connectivity index (χ0n) is 12.1. The highest BCUT2D eigenvalue weighted by Crippen LogP contribution is 2.28. The van der Waals surface area contributed by atoms with Crippen molar-refractivity contribution in [1.29, 1.82) is 0 Å². The third-order valence-electron chi connectivity index (χ3n) is 3.38. The van der Waals surface area contributed by atoms with Gasteiger partial charge in [0.1, 0.15) is 17.8 Å². The van der Waals surface area contributed by atoms with Crippen molar-refractivity contribution in [2.24, 2.45) is 5.73 Å². The molecule has 3 atom stereocenters. The largest absolute Gasteiger partial charge is 0.508 e. The van der Waals surface area contributed by atoms with Crippen molar-refractivity contribution in [2.75, 3.05) is 6.61 Å². The summed E-state index contributed by atoms with van der Waals surface area (Å²) in [5.74, 6) is -1.53. The lowest BCUT2D eigenvalue weighted by molar-refractivity contribution is -0.146. The van der Waals surface area contributed by atoms with E-state index in [9.17, 15) is 19.8 Å². The van der Waals surface area contributed by atoms with Crippen LogP contribution in [0.4, 0.5) is 4.79 Å². The topological polar surface area (TPSA) is 139 Å². The number of benzene rings is 1. The van der Waals surface area contributed by atoms with Crippen LogP contribution >= 0.6 is 0 Å². The maximum absolute atomic E-state index is 12.0. The molecule has 1 heterocycles. The minimum Gasteiger partial charge on any atom is -0.508 e. The summed E-state index contributed by atoms with van der Waals surface area (Å²) in [6.07, 6.45) is -5.09. The lowest BCUT2D eigenvalue weighted by Crippen LogP contribution is -2.31. The number of carbonyl (C=O) groups is 2. The lowest BCUT2D eigenvalue weighted by atomic mass is 9.99. The molecule has 1 aromatic rings. The van der Waals surface area contributed by atoms with Gasteiger partial charge in [-0.25, -0.2) is 9.59 Å². The van der Waals surface area contributed by atoms with Crippen molar-refractivity contribution >= 4 is 12.1 Å². The number of cyclic esters (lactones) is 1. The van der Waals surface area contributed by atoms with Gasteiger partial charge in [0.25, 0.3) is 0 Å². The Morgan fingerprint density at radius 1 is 1.35 bits per heavy atom. The molecule has 1 aliphatic heterocycles. The standard InChI is InChI=1S/C15H17NO7/c16-15(21)22-10(6-8-4-2-1-3-5-8)11-12(19)13(9(18)7-17)23-14(11)20/h1-5,9-10,13,17-19H,6-7H2,(H2,16,21). The fourth-order valence-corrected chi connectivity index (χ4v) is 2.32. The zero-order chi connectivity index (χ0) is 17.0. The van der Waals surface area contributed by atoms with Crippen LogP contribution in [0.25, 0.3) is 0 Å². The minimum atomic E-state index is -1.48. The fourth-order valence-electron chi connectivity index (χ4n) is 2.32. The van der Waals surface area contributed by atoms with Gasteiger partial charge in [-0.3, -0.25) is 0 Å². The Morgan fingerprint density at radius 2 is 2.00 bits per heavy atom. The third-order valence-corrected chi connectivity index (χ3v) is 3.38. The Labute approximate surface area is 131 Å². The molecule has 0 aliphatic carbocycles. The Balaban J connectivity index is 2.32. The number of amides is 1. The molecule has 8 heteroatoms. The zero-order valence-corrected chi connectivity index (χ0v) is 12.1. The van der Waals surface area contributed by atoms with Crippen molar-refractivity contribution < 1.29 is 34.4 Å². The number of primary amides is 1. The van der Waals surface area contributed by atoms with Gasteiger partial charge in [-0.15, -0.1) is 0 Å². The van der Waals surface area contributed by atoms with E-state index >= 15 is 0 Å². The van der Waals surface area contributed by atoms with Crippen molar-refractivity contribution in [3.05, 3.63) is 47.2 Å². The first kappa shape index (κ1) is 16.8. The van der Waals surface area contributed by atoms with Crippen LogP contribution in [0.5, 0.6) is 0 Å². The van der Waals surface area contributed by atoms with Crippen molar-refractivity contribution in [2.45, 2.75) is 24.7 Å². The SMILES string of the molecule is NC(=O)OC(Cc1ccccc1)C1=C(O)C(C(O)CO)OC1=O. The molecular weight excluding hydrogens is 306 g/mol. The van der Waals surface area contributed by atoms with E-state index in [1.54, 1.807) is 30.3 Å². The van der Waals surface area contributed by atoms with Gasteiger partial charge in [0, 0.05) is 6.42 Å². The molecule has 1 aliphatic rings. The van der Waals surface area contributed by atoms with Gasteiger partial charge in [-0.2, -0.15) is 0 Å². The molecule has 0 saturated carbocycles. The van der Waals surface area contributed by atoms with Crippen molar-refractivity contribution in [3.8, 4) is 0 Å². The molecule has 5 N–H and O–H groups in total. The molecule has 1 aromatic carbocycles. The van der Waals surface area contributed by atoms with Crippen LogP contribution in [0, 0.1) is 0 Å². The minimum absolute atomic E-state index is 0.0835. The Morgan fingerprint density at radius 3 is 2.57 bits per heavy atom. The number of hydrogen-bond donors (Lipinski definition) is 4. The first-order valence-electron chi connectivity index (χ1n) is 6.87.